The number of benzene rings is 2. The standard InChI is InChI=1S/C15H17N3O3S.C2H2O4/c16-22(20,21)14-8-4-7-13(9-14)18-15(19)11-17-10-12-5-2-1-3-6-12;3-1(4)2(5)6/h1-9,17H,10-11H2,(H,18,19)(H2,16,20,21);(H,3,4)(H,5,6). The molecule has 28 heavy (non-hydrogen) atoms. The monoisotopic (exact) mass is 409 g/mol. The first-order chi connectivity index (χ1) is 13.1. The molecule has 150 valence electrons. The molecule has 0 heterocycles. The smallest absolute Gasteiger partial charge is 0.414 e. The van der Waals surface area contributed by atoms with Crippen molar-refractivity contribution in [2.45, 2.75) is 11.4 Å². The summed E-state index contributed by atoms with van der Waals surface area (Å²) in [4.78, 5) is 30.0. The molecule has 6 N–H and O–H groups in total. The Morgan fingerprint density at radius 3 is 2.07 bits per heavy atom. The second-order valence-electron chi connectivity index (χ2n) is 5.32. The summed E-state index contributed by atoms with van der Waals surface area (Å²) in [5.74, 6) is -3.91. The maximum absolute atomic E-state index is 11.8. The predicted octanol–water partition coefficient (Wildman–Crippen LogP) is 0.218. The fraction of sp³-hybridized carbons (Fsp3) is 0.118. The number of nitrogens with two attached hydrogens (primary N) is 1. The van der Waals surface area contributed by atoms with E-state index in [4.69, 9.17) is 24.9 Å². The molecule has 0 fully saturated rings. The molecule has 0 unspecified atom stereocenters. The highest BCUT2D eigenvalue weighted by atomic mass is 32.2. The summed E-state index contributed by atoms with van der Waals surface area (Å²) < 4.78 is 22.5. The lowest BCUT2D eigenvalue weighted by molar-refractivity contribution is -0.159. The molecule has 0 aromatic heterocycles. The topological polar surface area (TPSA) is 176 Å². The van der Waals surface area contributed by atoms with Gasteiger partial charge in [-0.15, -0.1) is 0 Å². The molecule has 0 radical (unpaired) electrons. The zero-order chi connectivity index (χ0) is 21.2. The van der Waals surface area contributed by atoms with Gasteiger partial charge in [0.05, 0.1) is 11.4 Å². The van der Waals surface area contributed by atoms with E-state index in [2.05, 4.69) is 10.6 Å². The van der Waals surface area contributed by atoms with Gasteiger partial charge in [0.25, 0.3) is 0 Å². The number of anilines is 1. The maximum Gasteiger partial charge on any atom is 0.414 e. The molecule has 2 rings (SSSR count). The number of carbonyl (C=O) groups excluding carboxylic acids is 1. The van der Waals surface area contributed by atoms with Crippen LogP contribution in [0.5, 0.6) is 0 Å². The molecular weight excluding hydrogens is 390 g/mol. The Kier molecular flexibility index (Phi) is 8.75. The van der Waals surface area contributed by atoms with Crippen LogP contribution >= 0.6 is 0 Å². The lowest BCUT2D eigenvalue weighted by Crippen LogP contribution is -2.27. The minimum atomic E-state index is -3.78. The molecule has 2 aromatic rings. The Bertz CT molecular complexity index is 919. The van der Waals surface area contributed by atoms with Crippen LogP contribution < -0.4 is 15.8 Å². The molecule has 0 aliphatic carbocycles. The average Bonchev–Trinajstić information content (AvgIpc) is 2.62. The summed E-state index contributed by atoms with van der Waals surface area (Å²) in [6.07, 6.45) is 0. The van der Waals surface area contributed by atoms with Crippen molar-refractivity contribution in [1.29, 1.82) is 0 Å². The second kappa shape index (κ2) is 10.8. The fourth-order valence-electron chi connectivity index (χ4n) is 1.87. The van der Waals surface area contributed by atoms with Crippen molar-refractivity contribution in [3.05, 3.63) is 60.2 Å². The van der Waals surface area contributed by atoms with Crippen LogP contribution in [0.2, 0.25) is 0 Å². The van der Waals surface area contributed by atoms with Gasteiger partial charge in [-0.25, -0.2) is 23.1 Å². The van der Waals surface area contributed by atoms with Crippen molar-refractivity contribution in [2.24, 2.45) is 5.14 Å². The average molecular weight is 409 g/mol. The minimum absolute atomic E-state index is 0.0393. The normalized spacial score (nSPS) is 10.3. The SMILES string of the molecule is NS(=O)(=O)c1cccc(NC(=O)CNCc2ccccc2)c1.O=C(O)C(=O)O. The molecule has 0 bridgehead atoms. The number of primary sulfonamides is 1. The van der Waals surface area contributed by atoms with Gasteiger partial charge in [-0.1, -0.05) is 36.4 Å². The van der Waals surface area contributed by atoms with E-state index in [0.717, 1.165) is 5.56 Å². The van der Waals surface area contributed by atoms with Crippen LogP contribution in [0.3, 0.4) is 0 Å². The van der Waals surface area contributed by atoms with Gasteiger partial charge >= 0.3 is 11.9 Å². The van der Waals surface area contributed by atoms with Gasteiger partial charge in [0, 0.05) is 12.2 Å². The summed E-state index contributed by atoms with van der Waals surface area (Å²) >= 11 is 0. The molecule has 0 aliphatic heterocycles. The molecule has 0 saturated carbocycles. The Balaban J connectivity index is 0.000000568. The van der Waals surface area contributed by atoms with Crippen LogP contribution in [0.15, 0.2) is 59.5 Å². The van der Waals surface area contributed by atoms with E-state index >= 15 is 0 Å². The summed E-state index contributed by atoms with van der Waals surface area (Å²) in [6, 6.07) is 15.5. The third-order valence-corrected chi connectivity index (χ3v) is 4.00. The van der Waals surface area contributed by atoms with E-state index in [9.17, 15) is 13.2 Å². The van der Waals surface area contributed by atoms with Crippen LogP contribution in [0.25, 0.3) is 0 Å². The van der Waals surface area contributed by atoms with E-state index in [1.807, 2.05) is 30.3 Å². The summed E-state index contributed by atoms with van der Waals surface area (Å²) in [5, 5.41) is 25.5. The highest BCUT2D eigenvalue weighted by Gasteiger charge is 2.09. The van der Waals surface area contributed by atoms with Gasteiger partial charge in [-0.3, -0.25) is 4.79 Å². The predicted molar refractivity (Wildman–Crippen MR) is 99.9 cm³/mol. The molecule has 11 heteroatoms. The highest BCUT2D eigenvalue weighted by molar-refractivity contribution is 7.89. The van der Waals surface area contributed by atoms with E-state index in [-0.39, 0.29) is 17.3 Å². The number of aliphatic carboxylic acids is 2. The van der Waals surface area contributed by atoms with Gasteiger partial charge < -0.3 is 20.8 Å². The third kappa shape index (κ3) is 8.89. The first kappa shape index (κ1) is 22.8. The number of amides is 1. The van der Waals surface area contributed by atoms with Crippen molar-refractivity contribution in [3.63, 3.8) is 0 Å². The van der Waals surface area contributed by atoms with E-state index in [1.54, 1.807) is 6.07 Å². The Hall–Kier alpha value is -3.28. The highest BCUT2D eigenvalue weighted by Crippen LogP contribution is 2.13. The van der Waals surface area contributed by atoms with Crippen LogP contribution in [0.1, 0.15) is 5.56 Å². The first-order valence-corrected chi connectivity index (χ1v) is 9.28. The number of hydrogen-bond acceptors (Lipinski definition) is 6. The van der Waals surface area contributed by atoms with Crippen molar-refractivity contribution >= 4 is 33.6 Å². The number of carboxylic acid groups (broad SMARTS) is 2. The van der Waals surface area contributed by atoms with Crippen LogP contribution in [0.4, 0.5) is 5.69 Å². The molecule has 0 saturated heterocycles. The Morgan fingerprint density at radius 2 is 1.54 bits per heavy atom. The zero-order valence-electron chi connectivity index (χ0n) is 14.5. The number of hydrogen-bond donors (Lipinski definition) is 5. The van der Waals surface area contributed by atoms with Crippen molar-refractivity contribution < 1.29 is 33.0 Å². The third-order valence-electron chi connectivity index (χ3n) is 3.09. The number of nitrogens with one attached hydrogen (secondary N) is 2. The number of carboxylic acids is 2. The lowest BCUT2D eigenvalue weighted by atomic mass is 10.2. The lowest BCUT2D eigenvalue weighted by Gasteiger charge is -2.08. The van der Waals surface area contributed by atoms with Crippen molar-refractivity contribution in [3.8, 4) is 0 Å². The van der Waals surface area contributed by atoms with E-state index < -0.39 is 22.0 Å². The minimum Gasteiger partial charge on any atom is -0.473 e. The summed E-state index contributed by atoms with van der Waals surface area (Å²) in [6.45, 7) is 0.694. The van der Waals surface area contributed by atoms with Gasteiger partial charge in [0.2, 0.25) is 15.9 Å². The molecule has 0 aliphatic rings. The number of rotatable bonds is 6. The molecule has 0 spiro atoms. The van der Waals surface area contributed by atoms with Gasteiger partial charge in [-0.05, 0) is 23.8 Å². The van der Waals surface area contributed by atoms with Crippen LogP contribution in [-0.4, -0.2) is 43.0 Å². The molecule has 1 amide bonds. The summed E-state index contributed by atoms with van der Waals surface area (Å²) in [5.41, 5.74) is 1.46. The maximum atomic E-state index is 11.8. The Labute approximate surface area is 161 Å². The second-order valence-corrected chi connectivity index (χ2v) is 6.88. The fourth-order valence-corrected chi connectivity index (χ4v) is 2.43. The van der Waals surface area contributed by atoms with Gasteiger partial charge in [-0.2, -0.15) is 0 Å². The summed E-state index contributed by atoms with van der Waals surface area (Å²) in [7, 11) is -3.78. The number of sulfonamides is 1. The van der Waals surface area contributed by atoms with Crippen LogP contribution in [-0.2, 0) is 31.0 Å². The molecular formula is C17H19N3O7S. The zero-order valence-corrected chi connectivity index (χ0v) is 15.3. The molecule has 0 atom stereocenters. The van der Waals surface area contributed by atoms with Crippen molar-refractivity contribution in [1.82, 2.24) is 5.32 Å². The molecule has 10 nitrogen and oxygen atoms in total. The van der Waals surface area contributed by atoms with Gasteiger partial charge in [0.1, 0.15) is 0 Å². The number of carbonyl (C=O) groups is 3. The largest absolute Gasteiger partial charge is 0.473 e. The van der Waals surface area contributed by atoms with Crippen LogP contribution in [0, 0.1) is 0 Å². The van der Waals surface area contributed by atoms with E-state index in [0.29, 0.717) is 12.2 Å². The first-order valence-electron chi connectivity index (χ1n) is 7.73. The van der Waals surface area contributed by atoms with Gasteiger partial charge in [0.15, 0.2) is 0 Å². The van der Waals surface area contributed by atoms with Crippen molar-refractivity contribution in [2.75, 3.05) is 11.9 Å². The quantitative estimate of drug-likeness (QED) is 0.421. The Morgan fingerprint density at radius 1 is 0.929 bits per heavy atom. The molecule has 2 aromatic carbocycles. The van der Waals surface area contributed by atoms with E-state index in [1.165, 1.54) is 18.2 Å².